The number of nitrogens with zero attached hydrogens (tertiary/aromatic N) is 1. The topological polar surface area (TPSA) is 40.5 Å². The zero-order valence-corrected chi connectivity index (χ0v) is 9.34. The second-order valence-corrected chi connectivity index (χ2v) is 4.47. The van der Waals surface area contributed by atoms with Crippen molar-refractivity contribution in [2.75, 3.05) is 11.9 Å². The zero-order valence-electron chi connectivity index (χ0n) is 8.52. The van der Waals surface area contributed by atoms with Crippen LogP contribution in [0.5, 0.6) is 0 Å². The second kappa shape index (κ2) is 3.62. The highest BCUT2D eigenvalue weighted by molar-refractivity contribution is 8.03. The van der Waals surface area contributed by atoms with Gasteiger partial charge in [-0.05, 0) is 18.6 Å². The highest BCUT2D eigenvalue weighted by atomic mass is 32.2. The van der Waals surface area contributed by atoms with E-state index in [-0.39, 0.29) is 0 Å². The standard InChI is InChI=1S/C11H11NO2S/c1-7-4-3-5-8-11(7)12(2)9(15-8)6-10(13)14/h3-6H,1-2H3,(H,13,14). The van der Waals surface area contributed by atoms with Gasteiger partial charge in [-0.25, -0.2) is 4.79 Å². The molecule has 0 saturated heterocycles. The van der Waals surface area contributed by atoms with E-state index < -0.39 is 5.97 Å². The Morgan fingerprint density at radius 1 is 1.53 bits per heavy atom. The number of carboxylic acids is 1. The summed E-state index contributed by atoms with van der Waals surface area (Å²) in [7, 11) is 1.89. The molecule has 0 bridgehead atoms. The molecule has 1 N–H and O–H groups in total. The lowest BCUT2D eigenvalue weighted by Gasteiger charge is -2.14. The van der Waals surface area contributed by atoms with E-state index in [1.165, 1.54) is 17.8 Å². The number of aryl methyl sites for hydroxylation is 1. The van der Waals surface area contributed by atoms with Crippen LogP contribution in [0.3, 0.4) is 0 Å². The maximum absolute atomic E-state index is 10.6. The molecule has 1 aromatic carbocycles. The maximum atomic E-state index is 10.6. The molecule has 1 aliphatic heterocycles. The van der Waals surface area contributed by atoms with Crippen molar-refractivity contribution in [3.8, 4) is 0 Å². The molecule has 0 saturated carbocycles. The van der Waals surface area contributed by atoms with Crippen LogP contribution in [0, 0.1) is 6.92 Å². The fourth-order valence-corrected chi connectivity index (χ4v) is 2.82. The molecule has 0 unspecified atom stereocenters. The fraction of sp³-hybridized carbons (Fsp3) is 0.182. The number of para-hydroxylation sites is 1. The van der Waals surface area contributed by atoms with E-state index in [1.807, 2.05) is 37.1 Å². The van der Waals surface area contributed by atoms with Crippen molar-refractivity contribution < 1.29 is 9.90 Å². The maximum Gasteiger partial charge on any atom is 0.330 e. The Morgan fingerprint density at radius 3 is 2.87 bits per heavy atom. The number of hydrogen-bond acceptors (Lipinski definition) is 3. The number of carboxylic acid groups (broad SMARTS) is 1. The van der Waals surface area contributed by atoms with Crippen molar-refractivity contribution in [2.45, 2.75) is 11.8 Å². The monoisotopic (exact) mass is 221 g/mol. The molecule has 0 amide bonds. The molecule has 0 fully saturated rings. The number of hydrogen-bond donors (Lipinski definition) is 1. The summed E-state index contributed by atoms with van der Waals surface area (Å²) in [4.78, 5) is 13.7. The van der Waals surface area contributed by atoms with E-state index in [0.717, 1.165) is 21.2 Å². The first kappa shape index (κ1) is 10.1. The molecule has 1 aliphatic rings. The molecule has 1 heterocycles. The summed E-state index contributed by atoms with van der Waals surface area (Å²) in [5.41, 5.74) is 2.27. The van der Waals surface area contributed by atoms with E-state index in [2.05, 4.69) is 0 Å². The number of aliphatic carboxylic acids is 1. The van der Waals surface area contributed by atoms with Gasteiger partial charge in [-0.3, -0.25) is 0 Å². The van der Waals surface area contributed by atoms with Crippen LogP contribution in [0.2, 0.25) is 0 Å². The highest BCUT2D eigenvalue weighted by Gasteiger charge is 2.23. The van der Waals surface area contributed by atoms with Gasteiger partial charge in [-0.15, -0.1) is 0 Å². The van der Waals surface area contributed by atoms with Crippen LogP contribution >= 0.6 is 11.8 Å². The van der Waals surface area contributed by atoms with E-state index in [1.54, 1.807) is 0 Å². The molecular formula is C11H11NO2S. The minimum atomic E-state index is -0.908. The van der Waals surface area contributed by atoms with Gasteiger partial charge in [0.25, 0.3) is 0 Å². The van der Waals surface area contributed by atoms with Gasteiger partial charge in [0.15, 0.2) is 0 Å². The predicted octanol–water partition coefficient (Wildman–Crippen LogP) is 2.46. The number of anilines is 1. The van der Waals surface area contributed by atoms with Gasteiger partial charge in [0.05, 0.1) is 16.8 Å². The first-order valence-corrected chi connectivity index (χ1v) is 5.37. The van der Waals surface area contributed by atoms with E-state index in [9.17, 15) is 4.79 Å². The van der Waals surface area contributed by atoms with Gasteiger partial charge in [-0.1, -0.05) is 23.9 Å². The lowest BCUT2D eigenvalue weighted by atomic mass is 10.2. The largest absolute Gasteiger partial charge is 0.478 e. The van der Waals surface area contributed by atoms with Gasteiger partial charge in [0.1, 0.15) is 0 Å². The van der Waals surface area contributed by atoms with Gasteiger partial charge in [0, 0.05) is 11.9 Å². The molecule has 2 rings (SSSR count). The molecule has 3 nitrogen and oxygen atoms in total. The lowest BCUT2D eigenvalue weighted by molar-refractivity contribution is -0.131. The second-order valence-electron chi connectivity index (χ2n) is 3.40. The Balaban J connectivity index is 2.46. The number of benzene rings is 1. The molecule has 0 aliphatic carbocycles. The molecule has 0 spiro atoms. The summed E-state index contributed by atoms with van der Waals surface area (Å²) in [5.74, 6) is -0.908. The SMILES string of the molecule is Cc1cccc2c1N(C)C(=CC(=O)O)S2. The molecular weight excluding hydrogens is 210 g/mol. The number of carbonyl (C=O) groups is 1. The summed E-state index contributed by atoms with van der Waals surface area (Å²) in [5, 5.41) is 9.48. The average molecular weight is 221 g/mol. The highest BCUT2D eigenvalue weighted by Crippen LogP contribution is 2.46. The Bertz CT molecular complexity index is 454. The average Bonchev–Trinajstić information content (AvgIpc) is 2.44. The normalized spacial score (nSPS) is 16.9. The molecule has 78 valence electrons. The van der Waals surface area contributed by atoms with Crippen LogP contribution in [-0.4, -0.2) is 18.1 Å². The number of thioether (sulfide) groups is 1. The molecule has 0 aromatic heterocycles. The Morgan fingerprint density at radius 2 is 2.27 bits per heavy atom. The minimum Gasteiger partial charge on any atom is -0.478 e. The number of rotatable bonds is 1. The smallest absolute Gasteiger partial charge is 0.330 e. The third-order valence-electron chi connectivity index (χ3n) is 2.33. The molecule has 0 radical (unpaired) electrons. The van der Waals surface area contributed by atoms with Crippen LogP contribution in [0.4, 0.5) is 5.69 Å². The van der Waals surface area contributed by atoms with Crippen molar-refractivity contribution >= 4 is 23.4 Å². The Kier molecular flexibility index (Phi) is 2.44. The van der Waals surface area contributed by atoms with Gasteiger partial charge >= 0.3 is 5.97 Å². The van der Waals surface area contributed by atoms with Gasteiger partial charge in [-0.2, -0.15) is 0 Å². The van der Waals surface area contributed by atoms with Crippen molar-refractivity contribution in [3.63, 3.8) is 0 Å². The van der Waals surface area contributed by atoms with Crippen molar-refractivity contribution in [3.05, 3.63) is 34.9 Å². The third kappa shape index (κ3) is 1.72. The molecule has 15 heavy (non-hydrogen) atoms. The number of fused-ring (bicyclic) bond motifs is 1. The Labute approximate surface area is 92.4 Å². The van der Waals surface area contributed by atoms with Crippen molar-refractivity contribution in [1.82, 2.24) is 0 Å². The predicted molar refractivity (Wildman–Crippen MR) is 61.2 cm³/mol. The molecule has 0 atom stereocenters. The van der Waals surface area contributed by atoms with E-state index in [4.69, 9.17) is 5.11 Å². The van der Waals surface area contributed by atoms with Gasteiger partial charge in [0.2, 0.25) is 0 Å². The zero-order chi connectivity index (χ0) is 11.0. The summed E-state index contributed by atoms with van der Waals surface area (Å²) in [6.07, 6.45) is 1.24. The van der Waals surface area contributed by atoms with Crippen molar-refractivity contribution in [1.29, 1.82) is 0 Å². The summed E-state index contributed by atoms with van der Waals surface area (Å²) in [6, 6.07) is 6.02. The van der Waals surface area contributed by atoms with Crippen LogP contribution in [0.15, 0.2) is 34.2 Å². The first-order valence-electron chi connectivity index (χ1n) is 4.55. The quantitative estimate of drug-likeness (QED) is 0.739. The summed E-state index contributed by atoms with van der Waals surface area (Å²) in [6.45, 7) is 2.03. The summed E-state index contributed by atoms with van der Waals surface area (Å²) >= 11 is 1.49. The Hall–Kier alpha value is -1.42. The van der Waals surface area contributed by atoms with E-state index >= 15 is 0 Å². The fourth-order valence-electron chi connectivity index (χ4n) is 1.67. The molecule has 4 heteroatoms. The van der Waals surface area contributed by atoms with Crippen molar-refractivity contribution in [2.24, 2.45) is 0 Å². The minimum absolute atomic E-state index is 0.756. The van der Waals surface area contributed by atoms with Crippen LogP contribution in [0.25, 0.3) is 0 Å². The van der Waals surface area contributed by atoms with Crippen LogP contribution in [-0.2, 0) is 4.79 Å². The molecule has 1 aromatic rings. The third-order valence-corrected chi connectivity index (χ3v) is 3.48. The van der Waals surface area contributed by atoms with E-state index in [0.29, 0.717) is 0 Å². The summed E-state index contributed by atoms with van der Waals surface area (Å²) < 4.78 is 0. The first-order chi connectivity index (χ1) is 7.09. The van der Waals surface area contributed by atoms with Crippen LogP contribution in [0.1, 0.15) is 5.56 Å². The lowest BCUT2D eigenvalue weighted by Crippen LogP contribution is -2.12. The van der Waals surface area contributed by atoms with Gasteiger partial charge < -0.3 is 10.0 Å². The van der Waals surface area contributed by atoms with Crippen LogP contribution < -0.4 is 4.90 Å².